The minimum Gasteiger partial charge on any atom is -0.455 e. The summed E-state index contributed by atoms with van der Waals surface area (Å²) in [7, 11) is -3.18. The molecule has 0 rings (SSSR count). The first-order chi connectivity index (χ1) is 6.83. The van der Waals surface area contributed by atoms with Gasteiger partial charge in [0.1, 0.15) is 0 Å². The second kappa shape index (κ2) is 8.41. The van der Waals surface area contributed by atoms with Gasteiger partial charge in [0.2, 0.25) is 0 Å². The van der Waals surface area contributed by atoms with Gasteiger partial charge < -0.3 is 14.3 Å². The van der Waals surface area contributed by atoms with E-state index in [1.54, 1.807) is 0 Å². The van der Waals surface area contributed by atoms with Crippen LogP contribution >= 0.6 is 0 Å². The Morgan fingerprint density at radius 3 is 1.38 bits per heavy atom. The molecule has 3 nitrogen and oxygen atoms in total. The Morgan fingerprint density at radius 2 is 1.12 bits per heavy atom. The van der Waals surface area contributed by atoms with Crippen LogP contribution in [0.5, 0.6) is 0 Å². The van der Waals surface area contributed by atoms with E-state index in [0.717, 1.165) is 24.9 Å². The van der Waals surface area contributed by atoms with Gasteiger partial charge in [0.15, 0.2) is 16.6 Å². The highest BCUT2D eigenvalue weighted by Crippen LogP contribution is 2.23. The summed E-state index contributed by atoms with van der Waals surface area (Å²) in [6.07, 6.45) is 1.70. The van der Waals surface area contributed by atoms with Crippen LogP contribution in [0.3, 0.4) is 0 Å². The molecule has 0 saturated heterocycles. The van der Waals surface area contributed by atoms with E-state index in [0.29, 0.717) is 0 Å². The minimum atomic E-state index is -1.59. The number of hydrogen-bond acceptors (Lipinski definition) is 3. The third-order valence-electron chi connectivity index (χ3n) is 2.43. The zero-order valence-electron chi connectivity index (χ0n) is 10.5. The summed E-state index contributed by atoms with van der Waals surface area (Å²) in [6.45, 7) is 9.40. The van der Waals surface area contributed by atoms with Crippen LogP contribution in [0.15, 0.2) is 0 Å². The molecule has 0 amide bonds. The maximum Gasteiger partial charge on any atom is 0.173 e. The molecule has 0 aliphatic rings. The van der Waals surface area contributed by atoms with Gasteiger partial charge in [-0.3, -0.25) is 0 Å². The second-order valence-electron chi connectivity index (χ2n) is 5.28. The normalized spacial score (nSPS) is 12.4. The van der Waals surface area contributed by atoms with Gasteiger partial charge in [-0.25, -0.2) is 0 Å². The predicted octanol–water partition coefficient (Wildman–Crippen LogP) is 2.81. The predicted molar refractivity (Wildman–Crippen MR) is 75.8 cm³/mol. The molecule has 0 spiro atoms. The molecule has 0 bridgehead atoms. The molecule has 0 fully saturated rings. The average Bonchev–Trinajstić information content (AvgIpc) is 2.10. The summed E-state index contributed by atoms with van der Waals surface area (Å²) >= 11 is 0. The first-order valence-corrected chi connectivity index (χ1v) is 12.0. The monoisotopic (exact) mass is 266 g/mol. The number of aliphatic hydroxyl groups is 2. The molecule has 0 radical (unpaired) electrons. The number of aliphatic hydroxyl groups excluding tert-OH is 2. The van der Waals surface area contributed by atoms with Crippen molar-refractivity contribution in [3.63, 3.8) is 0 Å². The van der Waals surface area contributed by atoms with Gasteiger partial charge >= 0.3 is 0 Å². The third kappa shape index (κ3) is 9.53. The van der Waals surface area contributed by atoms with Crippen molar-refractivity contribution >= 4 is 16.6 Å². The Kier molecular flexibility index (Phi) is 9.82. The maximum absolute atomic E-state index is 8.81. The Morgan fingerprint density at radius 1 is 0.812 bits per heavy atom. The Hall–Kier alpha value is 0.314. The van der Waals surface area contributed by atoms with Crippen LogP contribution in [0.2, 0.25) is 38.3 Å². The molecule has 0 atom stereocenters. The Balaban J connectivity index is 0. The van der Waals surface area contributed by atoms with E-state index in [9.17, 15) is 0 Å². The van der Waals surface area contributed by atoms with Crippen LogP contribution in [-0.4, -0.2) is 40.1 Å². The lowest BCUT2D eigenvalue weighted by atomic mass is 10.5. The van der Waals surface area contributed by atoms with Gasteiger partial charge in [-0.1, -0.05) is 7.43 Å². The second-order valence-corrected chi connectivity index (χ2v) is 14.1. The van der Waals surface area contributed by atoms with Gasteiger partial charge in [-0.15, -0.1) is 0 Å². The fraction of sp³-hybridized carbons (Fsp3) is 1.00. The van der Waals surface area contributed by atoms with Crippen molar-refractivity contribution in [1.29, 1.82) is 0 Å². The van der Waals surface area contributed by atoms with Crippen molar-refractivity contribution in [2.45, 2.75) is 58.5 Å². The molecule has 0 aromatic carbocycles. The van der Waals surface area contributed by atoms with Crippen molar-refractivity contribution in [2.24, 2.45) is 0 Å². The average molecular weight is 267 g/mol. The van der Waals surface area contributed by atoms with E-state index in [4.69, 9.17) is 14.3 Å². The summed E-state index contributed by atoms with van der Waals surface area (Å²) in [5.74, 6) is 0. The SMILES string of the molecule is C.C[Si](C)(CCCO)O[Si](C)(C)CCCO. The van der Waals surface area contributed by atoms with Gasteiger partial charge in [0.25, 0.3) is 0 Å². The van der Waals surface area contributed by atoms with Crippen molar-refractivity contribution in [3.05, 3.63) is 0 Å². The summed E-state index contributed by atoms with van der Waals surface area (Å²) in [5.41, 5.74) is 0. The highest BCUT2D eigenvalue weighted by atomic mass is 28.4. The fourth-order valence-electron chi connectivity index (χ4n) is 1.86. The van der Waals surface area contributed by atoms with Crippen molar-refractivity contribution in [1.82, 2.24) is 0 Å². The molecule has 0 aliphatic heterocycles. The van der Waals surface area contributed by atoms with Crippen LogP contribution in [0.1, 0.15) is 20.3 Å². The summed E-state index contributed by atoms with van der Waals surface area (Å²) in [6, 6.07) is 2.05. The van der Waals surface area contributed by atoms with E-state index in [1.165, 1.54) is 0 Å². The van der Waals surface area contributed by atoms with Gasteiger partial charge in [-0.05, 0) is 51.1 Å². The molecule has 5 heteroatoms. The van der Waals surface area contributed by atoms with Crippen molar-refractivity contribution in [2.75, 3.05) is 13.2 Å². The summed E-state index contributed by atoms with van der Waals surface area (Å²) < 4.78 is 6.28. The zero-order chi connectivity index (χ0) is 11.9. The van der Waals surface area contributed by atoms with E-state index in [1.807, 2.05) is 0 Å². The van der Waals surface area contributed by atoms with E-state index >= 15 is 0 Å². The molecule has 0 unspecified atom stereocenters. The third-order valence-corrected chi connectivity index (χ3v) is 9.96. The largest absolute Gasteiger partial charge is 0.455 e. The van der Waals surface area contributed by atoms with Crippen LogP contribution < -0.4 is 0 Å². The molecule has 0 saturated carbocycles. The standard InChI is InChI=1S/C10H26O3Si2.CH4/c1-14(2,9-5-7-11)13-15(3,4)10-6-8-12;/h11-12H,5-10H2,1-4H3;1H4. The molecule has 0 aliphatic carbocycles. The zero-order valence-corrected chi connectivity index (χ0v) is 12.5. The van der Waals surface area contributed by atoms with E-state index in [-0.39, 0.29) is 20.6 Å². The van der Waals surface area contributed by atoms with Crippen LogP contribution in [0.4, 0.5) is 0 Å². The smallest absolute Gasteiger partial charge is 0.173 e. The molecular weight excluding hydrogens is 236 g/mol. The van der Waals surface area contributed by atoms with E-state index < -0.39 is 16.6 Å². The first-order valence-electron chi connectivity index (χ1n) is 5.75. The molecule has 0 heterocycles. The topological polar surface area (TPSA) is 49.7 Å². The number of hydrogen-bond donors (Lipinski definition) is 2. The highest BCUT2D eigenvalue weighted by Gasteiger charge is 2.31. The van der Waals surface area contributed by atoms with Gasteiger partial charge in [0, 0.05) is 13.2 Å². The van der Waals surface area contributed by atoms with Gasteiger partial charge in [-0.2, -0.15) is 0 Å². The summed E-state index contributed by atoms with van der Waals surface area (Å²) in [4.78, 5) is 0. The molecule has 100 valence electrons. The Bertz CT molecular complexity index is 155. The lowest BCUT2D eigenvalue weighted by Crippen LogP contribution is -2.44. The Labute approximate surface area is 103 Å². The number of rotatable bonds is 8. The molecule has 16 heavy (non-hydrogen) atoms. The molecule has 0 aromatic heterocycles. The maximum atomic E-state index is 8.81. The van der Waals surface area contributed by atoms with Crippen molar-refractivity contribution in [3.8, 4) is 0 Å². The van der Waals surface area contributed by atoms with Crippen LogP contribution in [0.25, 0.3) is 0 Å². The van der Waals surface area contributed by atoms with Crippen LogP contribution in [-0.2, 0) is 4.12 Å². The van der Waals surface area contributed by atoms with Crippen LogP contribution in [0, 0.1) is 0 Å². The van der Waals surface area contributed by atoms with Crippen molar-refractivity contribution < 1.29 is 14.3 Å². The minimum absolute atomic E-state index is 0. The quantitative estimate of drug-likeness (QED) is 0.664. The highest BCUT2D eigenvalue weighted by molar-refractivity contribution is 6.84. The first kappa shape index (κ1) is 18.7. The fourth-order valence-corrected chi connectivity index (χ4v) is 10.7. The molecule has 0 aromatic rings. The molecular formula is C11H30O3Si2. The lowest BCUT2D eigenvalue weighted by Gasteiger charge is -2.34. The lowest BCUT2D eigenvalue weighted by molar-refractivity contribution is 0.290. The molecule has 2 N–H and O–H groups in total. The summed E-state index contributed by atoms with van der Waals surface area (Å²) in [5, 5.41) is 17.6. The van der Waals surface area contributed by atoms with E-state index in [2.05, 4.69) is 26.2 Å². The van der Waals surface area contributed by atoms with Gasteiger partial charge in [0.05, 0.1) is 0 Å².